The molecule has 2 aromatic carbocycles. The summed E-state index contributed by atoms with van der Waals surface area (Å²) >= 11 is 30.0. The molecule has 0 fully saturated rings. The molecule has 8 heteroatoms. The number of Topliss-reactive ketones (excluding diaryl/α,β-unsaturated/α-hetero) is 1. The van der Waals surface area contributed by atoms with Crippen molar-refractivity contribution in [3.63, 3.8) is 0 Å². The number of carbonyl (C=O) groups excluding carboxylic acids is 2. The van der Waals surface area contributed by atoms with Crippen molar-refractivity contribution in [2.75, 3.05) is 0 Å². The minimum atomic E-state index is -1.94. The highest BCUT2D eigenvalue weighted by Crippen LogP contribution is 2.42. The molecule has 0 saturated heterocycles. The number of hydrogen-bond acceptors (Lipinski definition) is 3. The molecule has 0 heterocycles. The summed E-state index contributed by atoms with van der Waals surface area (Å²) in [6.45, 7) is 1.22. The van der Waals surface area contributed by atoms with Gasteiger partial charge in [-0.2, -0.15) is 0 Å². The highest BCUT2D eigenvalue weighted by molar-refractivity contribution is 6.68. The van der Waals surface area contributed by atoms with Gasteiger partial charge in [0, 0.05) is 0 Å². The fourth-order valence-electron chi connectivity index (χ4n) is 2.21. The van der Waals surface area contributed by atoms with Crippen LogP contribution in [0.25, 0.3) is 6.08 Å². The van der Waals surface area contributed by atoms with Crippen molar-refractivity contribution in [3.05, 3.63) is 75.3 Å². The summed E-state index contributed by atoms with van der Waals surface area (Å²) < 4.78 is 3.43. The number of ether oxygens (including phenoxy) is 1. The van der Waals surface area contributed by atoms with Crippen molar-refractivity contribution in [2.24, 2.45) is 0 Å². The average Bonchev–Trinajstić information content (AvgIpc) is 2.60. The van der Waals surface area contributed by atoms with Crippen LogP contribution in [-0.2, 0) is 14.3 Å². The molecule has 1 unspecified atom stereocenters. The number of esters is 1. The first-order valence-electron chi connectivity index (χ1n) is 7.60. The maximum atomic E-state index is 12.7. The third-order valence-electron chi connectivity index (χ3n) is 3.51. The third kappa shape index (κ3) is 5.87. The highest BCUT2D eigenvalue weighted by Gasteiger charge is 2.38. The van der Waals surface area contributed by atoms with Crippen molar-refractivity contribution >= 4 is 75.8 Å². The summed E-state index contributed by atoms with van der Waals surface area (Å²) in [5, 5.41) is 0.483. The van der Waals surface area contributed by atoms with E-state index in [4.69, 9.17) is 62.7 Å². The third-order valence-corrected chi connectivity index (χ3v) is 4.93. The van der Waals surface area contributed by atoms with Gasteiger partial charge in [0.05, 0.1) is 10.0 Å². The Hall–Kier alpha value is -1.23. The Morgan fingerprint density at radius 1 is 1.00 bits per heavy atom. The lowest BCUT2D eigenvalue weighted by Gasteiger charge is -2.25. The monoisotopic (exact) mass is 464 g/mol. The smallest absolute Gasteiger partial charge is 0.342 e. The molecule has 3 nitrogen and oxygen atoms in total. The van der Waals surface area contributed by atoms with E-state index in [-0.39, 0.29) is 15.6 Å². The lowest BCUT2D eigenvalue weighted by Crippen LogP contribution is -2.25. The van der Waals surface area contributed by atoms with Gasteiger partial charge in [-0.05, 0) is 30.2 Å². The van der Waals surface area contributed by atoms with E-state index in [1.165, 1.54) is 13.0 Å². The van der Waals surface area contributed by atoms with E-state index in [2.05, 4.69) is 0 Å². The van der Waals surface area contributed by atoms with Crippen LogP contribution in [0.2, 0.25) is 10.0 Å². The van der Waals surface area contributed by atoms with Crippen LogP contribution in [0.1, 0.15) is 24.2 Å². The zero-order valence-corrected chi connectivity index (χ0v) is 17.7. The van der Waals surface area contributed by atoms with Crippen LogP contribution in [0.3, 0.4) is 0 Å². The SMILES string of the molecule is CC(=O)C(=Cc1cccc(Cl)c1Cl)C(=O)OC(c1ccccc1)C(Cl)(Cl)Cl. The van der Waals surface area contributed by atoms with E-state index in [1.807, 2.05) is 0 Å². The van der Waals surface area contributed by atoms with Crippen molar-refractivity contribution in [1.29, 1.82) is 0 Å². The first-order valence-corrected chi connectivity index (χ1v) is 9.49. The maximum absolute atomic E-state index is 12.7. The van der Waals surface area contributed by atoms with E-state index in [1.54, 1.807) is 48.5 Å². The summed E-state index contributed by atoms with van der Waals surface area (Å²) in [6.07, 6.45) is 0.0769. The molecule has 0 aliphatic rings. The van der Waals surface area contributed by atoms with Gasteiger partial charge < -0.3 is 4.74 Å². The van der Waals surface area contributed by atoms with Gasteiger partial charge in [-0.25, -0.2) is 4.79 Å². The maximum Gasteiger partial charge on any atom is 0.342 e. The molecule has 2 aromatic rings. The minimum absolute atomic E-state index is 0.201. The molecule has 0 radical (unpaired) electrons. The number of rotatable bonds is 5. The fraction of sp³-hybridized carbons (Fsp3) is 0.158. The minimum Gasteiger partial charge on any atom is -0.449 e. The number of benzene rings is 2. The molecule has 0 aromatic heterocycles. The normalized spacial score (nSPS) is 13.2. The first kappa shape index (κ1) is 22.1. The molecule has 0 N–H and O–H groups in total. The number of ketones is 1. The van der Waals surface area contributed by atoms with E-state index in [0.29, 0.717) is 11.1 Å². The first-order chi connectivity index (χ1) is 12.6. The van der Waals surface area contributed by atoms with E-state index in [9.17, 15) is 9.59 Å². The van der Waals surface area contributed by atoms with Crippen LogP contribution in [0.15, 0.2) is 54.1 Å². The molecule has 2 rings (SSSR count). The zero-order valence-electron chi connectivity index (χ0n) is 13.9. The number of alkyl halides is 3. The Bertz CT molecular complexity index is 873. The van der Waals surface area contributed by atoms with Crippen molar-refractivity contribution < 1.29 is 14.3 Å². The molecule has 0 spiro atoms. The molecule has 0 aliphatic carbocycles. The van der Waals surface area contributed by atoms with Crippen LogP contribution < -0.4 is 0 Å². The van der Waals surface area contributed by atoms with Crippen molar-refractivity contribution in [3.8, 4) is 0 Å². The fourth-order valence-corrected chi connectivity index (χ4v) is 3.09. The number of carbonyl (C=O) groups is 2. The second-order valence-electron chi connectivity index (χ2n) is 5.49. The van der Waals surface area contributed by atoms with E-state index < -0.39 is 21.6 Å². The van der Waals surface area contributed by atoms with E-state index >= 15 is 0 Å². The zero-order chi connectivity index (χ0) is 20.2. The van der Waals surface area contributed by atoms with Crippen LogP contribution >= 0.6 is 58.0 Å². The highest BCUT2D eigenvalue weighted by atomic mass is 35.6. The molecule has 142 valence electrons. The van der Waals surface area contributed by atoms with Gasteiger partial charge in [0.15, 0.2) is 11.9 Å². The Balaban J connectivity index is 2.40. The van der Waals surface area contributed by atoms with Gasteiger partial charge in [0.1, 0.15) is 5.57 Å². The molecule has 0 saturated carbocycles. The number of hydrogen-bond donors (Lipinski definition) is 0. The van der Waals surface area contributed by atoms with Crippen molar-refractivity contribution in [1.82, 2.24) is 0 Å². The topological polar surface area (TPSA) is 43.4 Å². The van der Waals surface area contributed by atoms with Gasteiger partial charge in [-0.3, -0.25) is 4.79 Å². The molecule has 1 atom stereocenters. The second kappa shape index (κ2) is 9.31. The Morgan fingerprint density at radius 3 is 2.19 bits per heavy atom. The average molecular weight is 467 g/mol. The lowest BCUT2D eigenvalue weighted by molar-refractivity contribution is -0.145. The Labute approximate surface area is 181 Å². The summed E-state index contributed by atoms with van der Waals surface area (Å²) in [4.78, 5) is 24.7. The van der Waals surface area contributed by atoms with Gasteiger partial charge in [0.25, 0.3) is 0 Å². The molecule has 0 aliphatic heterocycles. The lowest BCUT2D eigenvalue weighted by atomic mass is 10.1. The predicted molar refractivity (Wildman–Crippen MR) is 111 cm³/mol. The van der Waals surface area contributed by atoms with Crippen LogP contribution in [0, 0.1) is 0 Å². The summed E-state index contributed by atoms with van der Waals surface area (Å²) in [5.74, 6) is -1.48. The predicted octanol–water partition coefficient (Wildman–Crippen LogP) is 6.62. The van der Waals surface area contributed by atoms with Crippen molar-refractivity contribution in [2.45, 2.75) is 16.8 Å². The second-order valence-corrected chi connectivity index (χ2v) is 8.65. The molecule has 27 heavy (non-hydrogen) atoms. The largest absolute Gasteiger partial charge is 0.449 e. The van der Waals surface area contributed by atoms with Gasteiger partial charge in [-0.1, -0.05) is 100 Å². The van der Waals surface area contributed by atoms with Gasteiger partial charge in [0.2, 0.25) is 3.79 Å². The molecule has 0 amide bonds. The molecular formula is C19H13Cl5O3. The summed E-state index contributed by atoms with van der Waals surface area (Å²) in [6, 6.07) is 13.3. The quantitative estimate of drug-likeness (QED) is 0.164. The summed E-state index contributed by atoms with van der Waals surface area (Å²) in [7, 11) is 0. The summed E-state index contributed by atoms with van der Waals surface area (Å²) in [5.41, 5.74) is 0.598. The molecular weight excluding hydrogens is 453 g/mol. The molecule has 0 bridgehead atoms. The van der Waals surface area contributed by atoms with Gasteiger partial charge in [-0.15, -0.1) is 0 Å². The van der Waals surface area contributed by atoms with Crippen LogP contribution in [0.4, 0.5) is 0 Å². The number of halogens is 5. The Morgan fingerprint density at radius 2 is 1.63 bits per heavy atom. The Kier molecular flexibility index (Phi) is 7.61. The van der Waals surface area contributed by atoms with Gasteiger partial charge >= 0.3 is 5.97 Å². The van der Waals surface area contributed by atoms with Crippen LogP contribution in [-0.4, -0.2) is 15.5 Å². The van der Waals surface area contributed by atoms with E-state index in [0.717, 1.165) is 0 Å². The van der Waals surface area contributed by atoms with Crippen LogP contribution in [0.5, 0.6) is 0 Å². The standard InChI is InChI=1S/C19H13Cl5O3/c1-11(25)14(10-13-8-5-9-15(20)16(13)21)18(26)27-17(19(22,23)24)12-6-3-2-4-7-12/h2-10,17H,1H3.